The van der Waals surface area contributed by atoms with E-state index >= 15 is 0 Å². The number of pyridine rings is 1. The number of carbonyl (C=O) groups is 2. The van der Waals surface area contributed by atoms with Gasteiger partial charge < -0.3 is 9.64 Å². The molecular formula is C20H20F3N5O7S2. The van der Waals surface area contributed by atoms with E-state index in [1.165, 1.54) is 22.6 Å². The maximum Gasteiger partial charge on any atom is 0.501 e. The number of hydrogen-bond donors (Lipinski definition) is 1. The van der Waals surface area contributed by atoms with Gasteiger partial charge in [0.05, 0.1) is 23.8 Å². The zero-order valence-corrected chi connectivity index (χ0v) is 20.5. The summed E-state index contributed by atoms with van der Waals surface area (Å²) in [4.78, 5) is 30.2. The lowest BCUT2D eigenvalue weighted by Crippen LogP contribution is -2.43. The number of ether oxygens (including phenoxy) is 1. The predicted octanol–water partition coefficient (Wildman–Crippen LogP) is 1.33. The summed E-state index contributed by atoms with van der Waals surface area (Å²) in [6.45, 7) is 0.416. The molecule has 2 aliphatic heterocycles. The Balaban J connectivity index is 1.46. The van der Waals surface area contributed by atoms with Crippen molar-refractivity contribution in [3.63, 3.8) is 0 Å². The minimum atomic E-state index is -5.58. The fourth-order valence-electron chi connectivity index (χ4n) is 3.67. The molecule has 3 heterocycles. The fourth-order valence-corrected chi connectivity index (χ4v) is 5.56. The van der Waals surface area contributed by atoms with Gasteiger partial charge in [0.2, 0.25) is 0 Å². The van der Waals surface area contributed by atoms with Crippen LogP contribution in [0.5, 0.6) is 0 Å². The molecule has 0 radical (unpaired) electrons. The van der Waals surface area contributed by atoms with Gasteiger partial charge in [-0.2, -0.15) is 25.9 Å². The number of halogens is 3. The van der Waals surface area contributed by atoms with Gasteiger partial charge in [0, 0.05) is 25.8 Å². The number of imide groups is 1. The van der Waals surface area contributed by atoms with Crippen LogP contribution in [0.2, 0.25) is 0 Å². The van der Waals surface area contributed by atoms with Crippen LogP contribution in [-0.4, -0.2) is 81.3 Å². The number of anilines is 2. The fraction of sp³-hybridized carbons (Fsp3) is 0.350. The van der Waals surface area contributed by atoms with Crippen molar-refractivity contribution in [2.45, 2.75) is 16.9 Å². The lowest BCUT2D eigenvalue weighted by atomic mass is 10.2. The van der Waals surface area contributed by atoms with E-state index in [0.717, 1.165) is 17.0 Å². The number of sulfone groups is 1. The first-order valence-electron chi connectivity index (χ1n) is 10.6. The van der Waals surface area contributed by atoms with Crippen LogP contribution >= 0.6 is 0 Å². The van der Waals surface area contributed by atoms with Crippen LogP contribution in [0.3, 0.4) is 0 Å². The van der Waals surface area contributed by atoms with Crippen molar-refractivity contribution in [1.82, 2.24) is 14.2 Å². The number of morpholine rings is 1. The number of benzene rings is 1. The molecular weight excluding hydrogens is 543 g/mol. The molecule has 0 saturated carbocycles. The molecule has 1 aromatic heterocycles. The summed E-state index contributed by atoms with van der Waals surface area (Å²) < 4.78 is 95.1. The van der Waals surface area contributed by atoms with E-state index < -0.39 is 42.4 Å². The predicted molar refractivity (Wildman–Crippen MR) is 122 cm³/mol. The van der Waals surface area contributed by atoms with Crippen molar-refractivity contribution in [3.8, 4) is 0 Å². The van der Waals surface area contributed by atoms with Crippen molar-refractivity contribution in [3.05, 3.63) is 48.2 Å². The molecule has 4 rings (SSSR count). The lowest BCUT2D eigenvalue weighted by molar-refractivity contribution is -0.116. The molecule has 0 bridgehead atoms. The first-order valence-corrected chi connectivity index (χ1v) is 13.6. The number of nitrogens with zero attached hydrogens (tertiary/aromatic N) is 4. The number of urea groups is 1. The van der Waals surface area contributed by atoms with Crippen molar-refractivity contribution in [1.29, 1.82) is 0 Å². The van der Waals surface area contributed by atoms with E-state index in [0.29, 0.717) is 22.6 Å². The average Bonchev–Trinajstić information content (AvgIpc) is 3.11. The molecule has 17 heteroatoms. The summed E-state index contributed by atoms with van der Waals surface area (Å²) in [7, 11) is -9.47. The van der Waals surface area contributed by atoms with Gasteiger partial charge in [-0.3, -0.25) is 9.52 Å². The molecule has 2 aliphatic rings. The highest BCUT2D eigenvalue weighted by Crippen LogP contribution is 2.32. The number of aromatic nitrogens is 1. The first kappa shape index (κ1) is 26.8. The number of alkyl halides is 3. The molecule has 0 unspecified atom stereocenters. The number of amides is 3. The quantitative estimate of drug-likeness (QED) is 0.497. The second kappa shape index (κ2) is 9.88. The van der Waals surface area contributed by atoms with Gasteiger partial charge in [-0.1, -0.05) is 0 Å². The Hall–Kier alpha value is -3.28. The van der Waals surface area contributed by atoms with E-state index in [2.05, 4.69) is 9.71 Å². The topological polar surface area (TPSA) is 146 Å². The first-order chi connectivity index (χ1) is 17.3. The van der Waals surface area contributed by atoms with Gasteiger partial charge in [-0.25, -0.2) is 23.1 Å². The number of rotatable bonds is 7. The largest absolute Gasteiger partial charge is 0.501 e. The third-order valence-electron chi connectivity index (χ3n) is 5.49. The van der Waals surface area contributed by atoms with Crippen molar-refractivity contribution in [2.75, 3.05) is 42.5 Å². The Kier molecular flexibility index (Phi) is 7.15. The Morgan fingerprint density at radius 2 is 1.65 bits per heavy atom. The van der Waals surface area contributed by atoms with Crippen LogP contribution < -0.4 is 9.62 Å². The summed E-state index contributed by atoms with van der Waals surface area (Å²) in [5.41, 5.74) is -5.15. The van der Waals surface area contributed by atoms with Crippen molar-refractivity contribution < 1.29 is 44.3 Å². The molecule has 0 atom stereocenters. The van der Waals surface area contributed by atoms with Gasteiger partial charge in [-0.15, -0.1) is 0 Å². The maximum absolute atomic E-state index is 12.9. The third-order valence-corrected chi connectivity index (χ3v) is 8.50. The van der Waals surface area contributed by atoms with Crippen LogP contribution in [0.1, 0.15) is 5.56 Å². The highest BCUT2D eigenvalue weighted by Gasteiger charge is 2.47. The van der Waals surface area contributed by atoms with E-state index in [1.54, 1.807) is 0 Å². The van der Waals surface area contributed by atoms with Crippen LogP contribution in [0.25, 0.3) is 0 Å². The standard InChI is InChI=1S/C20H20F3N5O7S2/c21-20(22,23)36(31,32)16-3-1-15(2-4-16)28-18(29)13-26(19(28)30)12-14-5-6-24-17(11-14)25-37(33,34)27-7-9-35-10-8-27/h1-6,11H,7-10,12-13H2,(H,24,25). The minimum absolute atomic E-state index is 0.000262. The number of nitrogens with one attached hydrogen (secondary N) is 1. The SMILES string of the molecule is O=C1CN(Cc2ccnc(NS(=O)(=O)N3CCOCC3)c2)C(=O)N1c1ccc(S(=O)(=O)C(F)(F)F)cc1. The van der Waals surface area contributed by atoms with Gasteiger partial charge in [0.15, 0.2) is 0 Å². The van der Waals surface area contributed by atoms with Gasteiger partial charge in [0.1, 0.15) is 12.4 Å². The minimum Gasteiger partial charge on any atom is -0.379 e. The Labute approximate surface area is 209 Å². The molecule has 2 aromatic rings. The number of hydrogen-bond acceptors (Lipinski definition) is 8. The molecule has 0 aliphatic carbocycles. The monoisotopic (exact) mass is 563 g/mol. The third kappa shape index (κ3) is 5.53. The molecule has 0 spiro atoms. The zero-order chi connectivity index (χ0) is 27.0. The van der Waals surface area contributed by atoms with Gasteiger partial charge >= 0.3 is 21.7 Å². The number of carbonyl (C=O) groups excluding carboxylic acids is 2. The molecule has 37 heavy (non-hydrogen) atoms. The Bertz CT molecular complexity index is 1410. The summed E-state index contributed by atoms with van der Waals surface area (Å²) in [6, 6.07) is 5.32. The van der Waals surface area contributed by atoms with E-state index in [9.17, 15) is 39.6 Å². The Morgan fingerprint density at radius 1 is 1.00 bits per heavy atom. The normalized spacial score (nSPS) is 17.9. The highest BCUT2D eigenvalue weighted by molar-refractivity contribution is 7.92. The highest BCUT2D eigenvalue weighted by atomic mass is 32.2. The average molecular weight is 564 g/mol. The second-order valence-electron chi connectivity index (χ2n) is 7.98. The molecule has 1 aromatic carbocycles. The lowest BCUT2D eigenvalue weighted by Gasteiger charge is -2.26. The van der Waals surface area contributed by atoms with E-state index in [-0.39, 0.29) is 50.9 Å². The smallest absolute Gasteiger partial charge is 0.379 e. The maximum atomic E-state index is 12.9. The Morgan fingerprint density at radius 3 is 2.27 bits per heavy atom. The molecule has 3 amide bonds. The molecule has 2 saturated heterocycles. The summed E-state index contributed by atoms with van der Waals surface area (Å²) in [6.07, 6.45) is 1.33. The van der Waals surface area contributed by atoms with Crippen LogP contribution in [0.15, 0.2) is 47.5 Å². The molecule has 1 N–H and O–H groups in total. The van der Waals surface area contributed by atoms with E-state index in [1.807, 2.05) is 0 Å². The molecule has 12 nitrogen and oxygen atoms in total. The van der Waals surface area contributed by atoms with Crippen molar-refractivity contribution in [2.24, 2.45) is 0 Å². The van der Waals surface area contributed by atoms with Crippen LogP contribution in [0, 0.1) is 0 Å². The summed E-state index contributed by atoms with van der Waals surface area (Å²) in [5.74, 6) is -0.681. The summed E-state index contributed by atoms with van der Waals surface area (Å²) in [5, 5.41) is 0. The second-order valence-corrected chi connectivity index (χ2v) is 11.6. The van der Waals surface area contributed by atoms with Crippen LogP contribution in [0.4, 0.5) is 29.5 Å². The van der Waals surface area contributed by atoms with Crippen molar-refractivity contribution >= 4 is 43.5 Å². The molecule has 2 fully saturated rings. The zero-order valence-electron chi connectivity index (χ0n) is 18.9. The molecule has 200 valence electrons. The van der Waals surface area contributed by atoms with Gasteiger partial charge in [-0.05, 0) is 42.0 Å². The van der Waals surface area contributed by atoms with E-state index in [4.69, 9.17) is 4.74 Å². The summed E-state index contributed by atoms with van der Waals surface area (Å²) >= 11 is 0. The van der Waals surface area contributed by atoms with Crippen LogP contribution in [-0.2, 0) is 36.1 Å². The van der Waals surface area contributed by atoms with Gasteiger partial charge in [0.25, 0.3) is 15.7 Å².